The highest BCUT2D eigenvalue weighted by molar-refractivity contribution is 5.60. The maximum Gasteiger partial charge on any atom is 0.123 e. The Kier molecular flexibility index (Phi) is 3.06. The normalized spacial score (nSPS) is 10.6. The van der Waals surface area contributed by atoms with E-state index in [-0.39, 0.29) is 0 Å². The van der Waals surface area contributed by atoms with Gasteiger partial charge in [0.05, 0.1) is 24.2 Å². The monoisotopic (exact) mass is 253 g/mol. The molecule has 0 unspecified atom stereocenters. The van der Waals surface area contributed by atoms with Crippen LogP contribution in [0.1, 0.15) is 11.5 Å². The van der Waals surface area contributed by atoms with Crippen LogP contribution in [0.15, 0.2) is 59.5 Å². The molecular formula is C15H15N3O. The van der Waals surface area contributed by atoms with Gasteiger partial charge in [-0.3, -0.25) is 0 Å². The zero-order chi connectivity index (χ0) is 13.1. The number of nitrogens with one attached hydrogen (secondary N) is 1. The van der Waals surface area contributed by atoms with E-state index in [1.54, 1.807) is 12.5 Å². The average Bonchev–Trinajstić information content (AvgIpc) is 3.08. The molecule has 0 saturated heterocycles. The standard InChI is InChI=1S/C15H15N3O/c1-12-6-7-13(19-12)10-17-14-4-2-3-5-15(14)18-9-8-16-11-18/h2-9,11,17H,10H2,1H3. The van der Waals surface area contributed by atoms with Gasteiger partial charge >= 0.3 is 0 Å². The quantitative estimate of drug-likeness (QED) is 0.775. The summed E-state index contributed by atoms with van der Waals surface area (Å²) in [6, 6.07) is 12.1. The van der Waals surface area contributed by atoms with Crippen molar-refractivity contribution in [2.24, 2.45) is 0 Å². The van der Waals surface area contributed by atoms with Gasteiger partial charge in [-0.2, -0.15) is 0 Å². The molecule has 19 heavy (non-hydrogen) atoms. The highest BCUT2D eigenvalue weighted by atomic mass is 16.3. The summed E-state index contributed by atoms with van der Waals surface area (Å²) in [5.74, 6) is 1.86. The molecule has 0 atom stereocenters. The Labute approximate surface area is 111 Å². The Bertz CT molecular complexity index is 656. The summed E-state index contributed by atoms with van der Waals surface area (Å²) in [4.78, 5) is 4.08. The topological polar surface area (TPSA) is 43.0 Å². The second-order valence-electron chi connectivity index (χ2n) is 4.35. The molecule has 0 aliphatic rings. The van der Waals surface area contributed by atoms with Gasteiger partial charge in [-0.05, 0) is 31.2 Å². The summed E-state index contributed by atoms with van der Waals surface area (Å²) < 4.78 is 7.54. The zero-order valence-electron chi connectivity index (χ0n) is 10.7. The van der Waals surface area contributed by atoms with Gasteiger partial charge < -0.3 is 14.3 Å². The Morgan fingerprint density at radius 1 is 1.21 bits per heavy atom. The van der Waals surface area contributed by atoms with Crippen molar-refractivity contribution in [1.82, 2.24) is 9.55 Å². The van der Waals surface area contributed by atoms with E-state index in [1.165, 1.54) is 0 Å². The number of imidazole rings is 1. The number of furan rings is 1. The zero-order valence-corrected chi connectivity index (χ0v) is 10.7. The number of benzene rings is 1. The Morgan fingerprint density at radius 3 is 2.84 bits per heavy atom. The SMILES string of the molecule is Cc1ccc(CNc2ccccc2-n2ccnc2)o1. The molecule has 0 bridgehead atoms. The summed E-state index contributed by atoms with van der Waals surface area (Å²) in [5, 5.41) is 3.39. The van der Waals surface area contributed by atoms with Crippen LogP contribution in [0, 0.1) is 6.92 Å². The summed E-state index contributed by atoms with van der Waals surface area (Å²) >= 11 is 0. The number of hydrogen-bond donors (Lipinski definition) is 1. The first-order valence-electron chi connectivity index (χ1n) is 6.19. The lowest BCUT2D eigenvalue weighted by Crippen LogP contribution is -2.02. The molecule has 1 aromatic carbocycles. The molecule has 0 spiro atoms. The van der Waals surface area contributed by atoms with Gasteiger partial charge in [0, 0.05) is 12.4 Å². The Morgan fingerprint density at radius 2 is 2.11 bits per heavy atom. The fraction of sp³-hybridized carbons (Fsp3) is 0.133. The van der Waals surface area contributed by atoms with Gasteiger partial charge in [-0.15, -0.1) is 0 Å². The second-order valence-corrected chi connectivity index (χ2v) is 4.35. The second kappa shape index (κ2) is 5.02. The van der Waals surface area contributed by atoms with Gasteiger partial charge in [-0.1, -0.05) is 12.1 Å². The van der Waals surface area contributed by atoms with Crippen molar-refractivity contribution in [3.63, 3.8) is 0 Å². The molecule has 1 N–H and O–H groups in total. The summed E-state index contributed by atoms with van der Waals surface area (Å²) in [6.07, 6.45) is 5.49. The molecular weight excluding hydrogens is 238 g/mol. The first-order valence-corrected chi connectivity index (χ1v) is 6.19. The molecule has 0 aliphatic carbocycles. The molecule has 0 radical (unpaired) electrons. The van der Waals surface area contributed by atoms with E-state index < -0.39 is 0 Å². The average molecular weight is 253 g/mol. The van der Waals surface area contributed by atoms with Crippen LogP contribution in [0.4, 0.5) is 5.69 Å². The molecule has 96 valence electrons. The minimum absolute atomic E-state index is 0.666. The maximum atomic E-state index is 5.55. The predicted molar refractivity (Wildman–Crippen MR) is 74.3 cm³/mol. The van der Waals surface area contributed by atoms with Crippen LogP contribution in [-0.2, 0) is 6.54 Å². The van der Waals surface area contributed by atoms with E-state index in [0.717, 1.165) is 22.9 Å². The van der Waals surface area contributed by atoms with Crippen LogP contribution < -0.4 is 5.32 Å². The third kappa shape index (κ3) is 2.52. The molecule has 2 aromatic heterocycles. The van der Waals surface area contributed by atoms with Crippen LogP contribution in [0.2, 0.25) is 0 Å². The molecule has 0 fully saturated rings. The molecule has 0 saturated carbocycles. The van der Waals surface area contributed by atoms with Crippen molar-refractivity contribution < 1.29 is 4.42 Å². The predicted octanol–water partition coefficient (Wildman–Crippen LogP) is 3.39. The van der Waals surface area contributed by atoms with Crippen molar-refractivity contribution in [3.05, 3.63) is 66.6 Å². The van der Waals surface area contributed by atoms with Gasteiger partial charge in [0.25, 0.3) is 0 Å². The van der Waals surface area contributed by atoms with E-state index in [1.807, 2.05) is 48.0 Å². The molecule has 2 heterocycles. The largest absolute Gasteiger partial charge is 0.465 e. The minimum atomic E-state index is 0.666. The molecule has 4 heteroatoms. The lowest BCUT2D eigenvalue weighted by molar-refractivity contribution is 0.490. The highest BCUT2D eigenvalue weighted by Gasteiger charge is 2.04. The smallest absolute Gasteiger partial charge is 0.123 e. The number of hydrogen-bond acceptors (Lipinski definition) is 3. The third-order valence-corrected chi connectivity index (χ3v) is 2.94. The number of aryl methyl sites for hydroxylation is 1. The van der Waals surface area contributed by atoms with E-state index >= 15 is 0 Å². The lowest BCUT2D eigenvalue weighted by Gasteiger charge is -2.11. The number of nitrogens with zero attached hydrogens (tertiary/aromatic N) is 2. The van der Waals surface area contributed by atoms with Gasteiger partial charge in [0.2, 0.25) is 0 Å². The van der Waals surface area contributed by atoms with Crippen molar-refractivity contribution in [2.75, 3.05) is 5.32 Å². The Hall–Kier alpha value is -2.49. The van der Waals surface area contributed by atoms with Crippen molar-refractivity contribution in [1.29, 1.82) is 0 Å². The van der Waals surface area contributed by atoms with Crippen molar-refractivity contribution in [2.45, 2.75) is 13.5 Å². The molecule has 4 nitrogen and oxygen atoms in total. The molecule has 0 aliphatic heterocycles. The maximum absolute atomic E-state index is 5.55. The van der Waals surface area contributed by atoms with Crippen LogP contribution in [0.25, 0.3) is 5.69 Å². The van der Waals surface area contributed by atoms with E-state index in [2.05, 4.69) is 16.4 Å². The fourth-order valence-electron chi connectivity index (χ4n) is 2.01. The first-order chi connectivity index (χ1) is 9.33. The van der Waals surface area contributed by atoms with E-state index in [9.17, 15) is 0 Å². The van der Waals surface area contributed by atoms with Gasteiger partial charge in [0.15, 0.2) is 0 Å². The van der Waals surface area contributed by atoms with Crippen LogP contribution >= 0.6 is 0 Å². The van der Waals surface area contributed by atoms with Crippen LogP contribution in [0.3, 0.4) is 0 Å². The molecule has 3 rings (SSSR count). The number of rotatable bonds is 4. The number of para-hydroxylation sites is 2. The summed E-state index contributed by atoms with van der Waals surface area (Å²) in [6.45, 7) is 2.61. The number of anilines is 1. The van der Waals surface area contributed by atoms with Gasteiger partial charge in [0.1, 0.15) is 11.5 Å². The fourth-order valence-corrected chi connectivity index (χ4v) is 2.01. The van der Waals surface area contributed by atoms with Crippen LogP contribution in [0.5, 0.6) is 0 Å². The number of aromatic nitrogens is 2. The van der Waals surface area contributed by atoms with Gasteiger partial charge in [-0.25, -0.2) is 4.98 Å². The third-order valence-electron chi connectivity index (χ3n) is 2.94. The summed E-state index contributed by atoms with van der Waals surface area (Å²) in [5.41, 5.74) is 2.12. The van der Waals surface area contributed by atoms with E-state index in [0.29, 0.717) is 6.54 Å². The minimum Gasteiger partial charge on any atom is -0.465 e. The van der Waals surface area contributed by atoms with Crippen LogP contribution in [-0.4, -0.2) is 9.55 Å². The lowest BCUT2D eigenvalue weighted by atomic mass is 10.2. The van der Waals surface area contributed by atoms with Crippen molar-refractivity contribution >= 4 is 5.69 Å². The first kappa shape index (κ1) is 11.6. The van der Waals surface area contributed by atoms with Crippen molar-refractivity contribution in [3.8, 4) is 5.69 Å². The molecule has 0 amide bonds. The van der Waals surface area contributed by atoms with E-state index in [4.69, 9.17) is 4.42 Å². The highest BCUT2D eigenvalue weighted by Crippen LogP contribution is 2.20. The summed E-state index contributed by atoms with van der Waals surface area (Å²) in [7, 11) is 0. The Balaban J connectivity index is 1.81. The molecule has 3 aromatic rings.